The average molecular weight is 250 g/mol. The van der Waals surface area contributed by atoms with Crippen LogP contribution in [0.1, 0.15) is 5.56 Å². The molecule has 5 nitrogen and oxygen atoms in total. The molecule has 0 heterocycles. The average Bonchev–Trinajstić information content (AvgIpc) is 2.18. The van der Waals surface area contributed by atoms with E-state index in [1.54, 1.807) is 0 Å². The van der Waals surface area contributed by atoms with Crippen LogP contribution in [-0.2, 0) is 11.3 Å². The highest BCUT2D eigenvalue weighted by molar-refractivity contribution is 5.62. The monoisotopic (exact) mass is 250 g/mol. The molecule has 8 heteroatoms. The van der Waals surface area contributed by atoms with E-state index in [4.69, 9.17) is 5.73 Å². The highest BCUT2D eigenvalue weighted by Crippen LogP contribution is 2.25. The minimum absolute atomic E-state index is 0.156. The van der Waals surface area contributed by atoms with E-state index in [9.17, 15) is 23.3 Å². The van der Waals surface area contributed by atoms with Crippen molar-refractivity contribution in [3.05, 3.63) is 33.9 Å². The first kappa shape index (κ1) is 13.2. The number of nitro benzene ring substituents is 1. The van der Waals surface area contributed by atoms with Gasteiger partial charge in [-0.25, -0.2) is 0 Å². The minimum Gasteiger partial charge on any atom is -0.393 e. The molecule has 94 valence electrons. The Balaban J connectivity index is 2.72. The van der Waals surface area contributed by atoms with Gasteiger partial charge in [0.05, 0.1) is 11.5 Å². The van der Waals surface area contributed by atoms with Crippen LogP contribution in [0.25, 0.3) is 0 Å². The zero-order valence-electron chi connectivity index (χ0n) is 8.53. The van der Waals surface area contributed by atoms with Crippen LogP contribution in [0.4, 0.5) is 24.5 Å². The van der Waals surface area contributed by atoms with Crippen LogP contribution in [0, 0.1) is 10.1 Å². The maximum atomic E-state index is 11.8. The number of rotatable bonds is 4. The molecule has 0 saturated heterocycles. The van der Waals surface area contributed by atoms with Crippen molar-refractivity contribution < 1.29 is 22.8 Å². The van der Waals surface area contributed by atoms with Gasteiger partial charge in [-0.2, -0.15) is 13.2 Å². The topological polar surface area (TPSA) is 78.4 Å². The highest BCUT2D eigenvalue weighted by atomic mass is 19.4. The molecule has 17 heavy (non-hydrogen) atoms. The number of nitrogens with two attached hydrogens (primary N) is 1. The fourth-order valence-electron chi connectivity index (χ4n) is 1.16. The van der Waals surface area contributed by atoms with Gasteiger partial charge in [0.1, 0.15) is 12.3 Å². The molecule has 0 aliphatic rings. The number of hydrogen-bond acceptors (Lipinski definition) is 4. The molecule has 0 spiro atoms. The van der Waals surface area contributed by atoms with Gasteiger partial charge in [-0.15, -0.1) is 0 Å². The number of nitro groups is 1. The van der Waals surface area contributed by atoms with E-state index in [1.807, 2.05) is 0 Å². The molecule has 1 aromatic carbocycles. The first-order chi connectivity index (χ1) is 7.81. The Morgan fingerprint density at radius 1 is 1.41 bits per heavy atom. The van der Waals surface area contributed by atoms with Gasteiger partial charge < -0.3 is 10.5 Å². The normalized spacial score (nSPS) is 11.5. The van der Waals surface area contributed by atoms with Crippen LogP contribution in [0.5, 0.6) is 0 Å². The van der Waals surface area contributed by atoms with Crippen molar-refractivity contribution in [3.8, 4) is 0 Å². The molecule has 0 aromatic heterocycles. The van der Waals surface area contributed by atoms with Crippen LogP contribution >= 0.6 is 0 Å². The summed E-state index contributed by atoms with van der Waals surface area (Å²) in [6, 6.07) is 3.88. The van der Waals surface area contributed by atoms with Gasteiger partial charge >= 0.3 is 6.18 Å². The molecule has 0 atom stereocenters. The zero-order chi connectivity index (χ0) is 13.1. The molecule has 0 saturated carbocycles. The van der Waals surface area contributed by atoms with Gasteiger partial charge in [-0.05, 0) is 0 Å². The zero-order valence-corrected chi connectivity index (χ0v) is 8.53. The van der Waals surface area contributed by atoms with Crippen molar-refractivity contribution >= 4 is 11.4 Å². The van der Waals surface area contributed by atoms with E-state index in [1.165, 1.54) is 18.2 Å². The second kappa shape index (κ2) is 5.00. The summed E-state index contributed by atoms with van der Waals surface area (Å²) in [4.78, 5) is 9.81. The number of hydrogen-bond donors (Lipinski definition) is 1. The Kier molecular flexibility index (Phi) is 3.89. The Morgan fingerprint density at radius 3 is 2.59 bits per heavy atom. The summed E-state index contributed by atoms with van der Waals surface area (Å²) < 4.78 is 39.8. The SMILES string of the molecule is Nc1c(COCC(F)(F)F)cccc1[N+](=O)[O-]. The number of benzene rings is 1. The number of alkyl halides is 3. The van der Waals surface area contributed by atoms with Gasteiger partial charge in [0.2, 0.25) is 0 Å². The molecule has 0 bridgehead atoms. The number of nitrogens with zero attached hydrogens (tertiary/aromatic N) is 1. The lowest BCUT2D eigenvalue weighted by Gasteiger charge is -2.09. The van der Waals surface area contributed by atoms with Crippen LogP contribution in [0.3, 0.4) is 0 Å². The molecule has 0 fully saturated rings. The van der Waals surface area contributed by atoms with E-state index in [2.05, 4.69) is 4.74 Å². The molecule has 0 aliphatic carbocycles. The van der Waals surface area contributed by atoms with E-state index in [0.29, 0.717) is 0 Å². The summed E-state index contributed by atoms with van der Waals surface area (Å²) in [6.45, 7) is -1.85. The summed E-state index contributed by atoms with van der Waals surface area (Å²) in [6.07, 6.45) is -4.44. The first-order valence-corrected chi connectivity index (χ1v) is 4.47. The standard InChI is InChI=1S/C9H9F3N2O3/c10-9(11,12)5-17-4-6-2-1-3-7(8(6)13)14(15)16/h1-3H,4-5,13H2. The second-order valence-electron chi connectivity index (χ2n) is 3.22. The number of halogens is 3. The number of anilines is 1. The Morgan fingerprint density at radius 2 is 2.06 bits per heavy atom. The summed E-state index contributed by atoms with van der Waals surface area (Å²) in [5.74, 6) is 0. The van der Waals surface area contributed by atoms with Crippen molar-refractivity contribution in [1.82, 2.24) is 0 Å². The lowest BCUT2D eigenvalue weighted by Crippen LogP contribution is -2.17. The van der Waals surface area contributed by atoms with Gasteiger partial charge in [0, 0.05) is 11.6 Å². The Hall–Kier alpha value is -1.83. The third kappa shape index (κ3) is 3.91. The quantitative estimate of drug-likeness (QED) is 0.505. The molecule has 1 aromatic rings. The molecule has 0 aliphatic heterocycles. The number of para-hydroxylation sites is 1. The lowest BCUT2D eigenvalue weighted by atomic mass is 10.1. The van der Waals surface area contributed by atoms with Crippen LogP contribution in [0.2, 0.25) is 0 Å². The summed E-state index contributed by atoms with van der Waals surface area (Å²) >= 11 is 0. The van der Waals surface area contributed by atoms with Crippen LogP contribution < -0.4 is 5.73 Å². The van der Waals surface area contributed by atoms with E-state index < -0.39 is 24.3 Å². The highest BCUT2D eigenvalue weighted by Gasteiger charge is 2.27. The molecule has 1 rings (SSSR count). The van der Waals surface area contributed by atoms with Gasteiger partial charge in [-0.3, -0.25) is 10.1 Å². The van der Waals surface area contributed by atoms with E-state index >= 15 is 0 Å². The number of ether oxygens (including phenoxy) is 1. The van der Waals surface area contributed by atoms with Crippen molar-refractivity contribution in [2.24, 2.45) is 0 Å². The molecule has 0 unspecified atom stereocenters. The van der Waals surface area contributed by atoms with Crippen molar-refractivity contribution in [1.29, 1.82) is 0 Å². The summed E-state index contributed by atoms with van der Waals surface area (Å²) in [5.41, 5.74) is 5.06. The van der Waals surface area contributed by atoms with E-state index in [-0.39, 0.29) is 16.9 Å². The molecule has 0 radical (unpaired) electrons. The lowest BCUT2D eigenvalue weighted by molar-refractivity contribution is -0.384. The maximum Gasteiger partial charge on any atom is 0.411 e. The van der Waals surface area contributed by atoms with Crippen molar-refractivity contribution in [3.63, 3.8) is 0 Å². The molecule has 2 N–H and O–H groups in total. The molecular weight excluding hydrogens is 241 g/mol. The Bertz CT molecular complexity index is 420. The fourth-order valence-corrected chi connectivity index (χ4v) is 1.16. The van der Waals surface area contributed by atoms with Gasteiger partial charge in [0.15, 0.2) is 0 Å². The predicted molar refractivity (Wildman–Crippen MR) is 53.2 cm³/mol. The van der Waals surface area contributed by atoms with E-state index in [0.717, 1.165) is 0 Å². The van der Waals surface area contributed by atoms with Crippen molar-refractivity contribution in [2.75, 3.05) is 12.3 Å². The van der Waals surface area contributed by atoms with Crippen molar-refractivity contribution in [2.45, 2.75) is 12.8 Å². The van der Waals surface area contributed by atoms with Crippen LogP contribution in [0.15, 0.2) is 18.2 Å². The minimum atomic E-state index is -4.44. The third-order valence-corrected chi connectivity index (χ3v) is 1.89. The third-order valence-electron chi connectivity index (χ3n) is 1.89. The van der Waals surface area contributed by atoms with Crippen LogP contribution in [-0.4, -0.2) is 17.7 Å². The summed E-state index contributed by atoms with van der Waals surface area (Å²) in [7, 11) is 0. The molecule has 0 amide bonds. The predicted octanol–water partition coefficient (Wildman–Crippen LogP) is 2.26. The second-order valence-corrected chi connectivity index (χ2v) is 3.22. The summed E-state index contributed by atoms with van der Waals surface area (Å²) in [5, 5.41) is 10.5. The molecular formula is C9H9F3N2O3. The smallest absolute Gasteiger partial charge is 0.393 e. The Labute approximate surface area is 94.1 Å². The number of nitrogen functional groups attached to an aromatic ring is 1. The fraction of sp³-hybridized carbons (Fsp3) is 0.333. The maximum absolute atomic E-state index is 11.8. The largest absolute Gasteiger partial charge is 0.411 e. The van der Waals surface area contributed by atoms with Gasteiger partial charge in [0.25, 0.3) is 5.69 Å². The first-order valence-electron chi connectivity index (χ1n) is 4.47. The van der Waals surface area contributed by atoms with Gasteiger partial charge in [-0.1, -0.05) is 12.1 Å².